The molecule has 0 aromatic heterocycles. The van der Waals surface area contributed by atoms with Crippen LogP contribution in [0.2, 0.25) is 0 Å². The molecule has 0 bridgehead atoms. The average Bonchev–Trinajstić information content (AvgIpc) is 2.08. The summed E-state index contributed by atoms with van der Waals surface area (Å²) in [5, 5.41) is 0. The van der Waals surface area contributed by atoms with Crippen molar-refractivity contribution in [1.29, 1.82) is 0 Å². The number of carbonyl (C=O) groups is 1. The van der Waals surface area contributed by atoms with Gasteiger partial charge in [-0.2, -0.15) is 0 Å². The van der Waals surface area contributed by atoms with Gasteiger partial charge in [0.15, 0.2) is 0 Å². The molecule has 1 rings (SSSR count). The van der Waals surface area contributed by atoms with Crippen LogP contribution in [0.3, 0.4) is 0 Å². The molecular formula is C7H14N2O3S. The van der Waals surface area contributed by atoms with Crippen LogP contribution in [0.25, 0.3) is 0 Å². The monoisotopic (exact) mass is 206 g/mol. The van der Waals surface area contributed by atoms with Crippen LogP contribution in [0.4, 0.5) is 0 Å². The van der Waals surface area contributed by atoms with Crippen LogP contribution in [0.5, 0.6) is 0 Å². The van der Waals surface area contributed by atoms with Gasteiger partial charge in [-0.25, -0.2) is 14.3 Å². The van der Waals surface area contributed by atoms with E-state index in [1.165, 1.54) is 0 Å². The number of hydrogen-bond acceptors (Lipinski definition) is 4. The third-order valence-corrected chi connectivity index (χ3v) is 4.02. The minimum absolute atomic E-state index is 0.173. The Kier molecular flexibility index (Phi) is 3.27. The van der Waals surface area contributed by atoms with Gasteiger partial charge in [0, 0.05) is 6.42 Å². The molecule has 1 aliphatic heterocycles. The van der Waals surface area contributed by atoms with E-state index < -0.39 is 9.84 Å². The maximum atomic E-state index is 11.0. The van der Waals surface area contributed by atoms with Crippen molar-refractivity contribution < 1.29 is 13.2 Å². The van der Waals surface area contributed by atoms with Crippen molar-refractivity contribution in [3.05, 3.63) is 0 Å². The highest BCUT2D eigenvalue weighted by atomic mass is 32.2. The van der Waals surface area contributed by atoms with Gasteiger partial charge in [0.1, 0.15) is 9.84 Å². The average molecular weight is 206 g/mol. The van der Waals surface area contributed by atoms with Crippen molar-refractivity contribution >= 4 is 15.7 Å². The topological polar surface area (TPSA) is 89.3 Å². The van der Waals surface area contributed by atoms with Crippen molar-refractivity contribution in [3.63, 3.8) is 0 Å². The molecule has 1 aliphatic rings. The van der Waals surface area contributed by atoms with Gasteiger partial charge >= 0.3 is 0 Å². The lowest BCUT2D eigenvalue weighted by Crippen LogP contribution is -2.33. The van der Waals surface area contributed by atoms with E-state index in [9.17, 15) is 13.2 Å². The Labute approximate surface area is 77.6 Å². The Balaban J connectivity index is 2.38. The quantitative estimate of drug-likeness (QED) is 0.351. The second-order valence-corrected chi connectivity index (χ2v) is 5.67. The fourth-order valence-electron chi connectivity index (χ4n) is 1.46. The fourth-order valence-corrected chi connectivity index (χ4v) is 3.05. The summed E-state index contributed by atoms with van der Waals surface area (Å²) in [5.74, 6) is 5.29. The molecule has 0 spiro atoms. The molecule has 6 heteroatoms. The van der Waals surface area contributed by atoms with Gasteiger partial charge in [0.2, 0.25) is 5.91 Å². The van der Waals surface area contributed by atoms with E-state index in [2.05, 4.69) is 0 Å². The summed E-state index contributed by atoms with van der Waals surface area (Å²) in [7, 11) is -2.82. The molecule has 1 amide bonds. The van der Waals surface area contributed by atoms with Crippen molar-refractivity contribution in [3.8, 4) is 0 Å². The molecule has 5 nitrogen and oxygen atoms in total. The predicted molar refractivity (Wildman–Crippen MR) is 48.3 cm³/mol. The lowest BCUT2D eigenvalue weighted by atomic mass is 9.99. The molecule has 1 heterocycles. The maximum Gasteiger partial charge on any atom is 0.234 e. The third kappa shape index (κ3) is 3.31. The molecule has 0 saturated carbocycles. The van der Waals surface area contributed by atoms with E-state index in [1.54, 1.807) is 0 Å². The number of amides is 1. The van der Waals surface area contributed by atoms with Crippen LogP contribution in [-0.2, 0) is 14.6 Å². The minimum atomic E-state index is -2.82. The first-order chi connectivity index (χ1) is 6.03. The Bertz CT molecular complexity index is 272. The zero-order valence-electron chi connectivity index (χ0n) is 7.32. The predicted octanol–water partition coefficient (Wildman–Crippen LogP) is -0.809. The van der Waals surface area contributed by atoms with Gasteiger partial charge < -0.3 is 0 Å². The largest absolute Gasteiger partial charge is 0.294 e. The number of nitrogens with two attached hydrogens (primary N) is 1. The van der Waals surface area contributed by atoms with Crippen molar-refractivity contribution in [2.24, 2.45) is 11.8 Å². The Morgan fingerprint density at radius 3 is 2.38 bits per heavy atom. The minimum Gasteiger partial charge on any atom is -0.294 e. The number of rotatable bonds is 2. The van der Waals surface area contributed by atoms with Crippen LogP contribution in [0, 0.1) is 5.92 Å². The highest BCUT2D eigenvalue weighted by Gasteiger charge is 2.24. The summed E-state index contributed by atoms with van der Waals surface area (Å²) in [5.41, 5.74) is 2.04. The molecule has 0 aromatic carbocycles. The molecule has 3 N–H and O–H groups in total. The molecule has 0 aromatic rings. The first-order valence-electron chi connectivity index (χ1n) is 4.23. The standard InChI is InChI=1S/C7H14N2O3S/c8-9-7(10)5-6-1-3-13(11,12)4-2-6/h6H,1-5,8H2,(H,9,10). The number of carbonyl (C=O) groups excluding carboxylic acids is 1. The first-order valence-corrected chi connectivity index (χ1v) is 6.05. The van der Waals surface area contributed by atoms with Gasteiger partial charge in [-0.15, -0.1) is 0 Å². The van der Waals surface area contributed by atoms with E-state index in [0.29, 0.717) is 19.3 Å². The van der Waals surface area contributed by atoms with Crippen LogP contribution in [0.1, 0.15) is 19.3 Å². The lowest BCUT2D eigenvalue weighted by Gasteiger charge is -2.20. The molecule has 1 fully saturated rings. The fraction of sp³-hybridized carbons (Fsp3) is 0.857. The highest BCUT2D eigenvalue weighted by molar-refractivity contribution is 7.91. The van der Waals surface area contributed by atoms with Crippen molar-refractivity contribution in [1.82, 2.24) is 5.43 Å². The SMILES string of the molecule is NNC(=O)CC1CCS(=O)(=O)CC1. The Hall–Kier alpha value is -0.620. The number of nitrogens with one attached hydrogen (secondary N) is 1. The molecule has 1 saturated heterocycles. The second-order valence-electron chi connectivity index (χ2n) is 3.37. The lowest BCUT2D eigenvalue weighted by molar-refractivity contribution is -0.122. The number of hydrazine groups is 1. The van der Waals surface area contributed by atoms with Crippen LogP contribution in [0.15, 0.2) is 0 Å². The molecule has 0 radical (unpaired) electrons. The van der Waals surface area contributed by atoms with Crippen molar-refractivity contribution in [2.75, 3.05) is 11.5 Å². The molecule has 76 valence electrons. The van der Waals surface area contributed by atoms with Crippen molar-refractivity contribution in [2.45, 2.75) is 19.3 Å². The van der Waals surface area contributed by atoms with Crippen LogP contribution in [-0.4, -0.2) is 25.8 Å². The second kappa shape index (κ2) is 4.06. The Morgan fingerprint density at radius 1 is 1.38 bits per heavy atom. The van der Waals surface area contributed by atoms with E-state index >= 15 is 0 Å². The summed E-state index contributed by atoms with van der Waals surface area (Å²) in [6.07, 6.45) is 1.50. The summed E-state index contributed by atoms with van der Waals surface area (Å²) in [6.45, 7) is 0. The molecule has 0 unspecified atom stereocenters. The molecular weight excluding hydrogens is 192 g/mol. The van der Waals surface area contributed by atoms with Gasteiger partial charge in [-0.3, -0.25) is 10.2 Å². The zero-order chi connectivity index (χ0) is 9.90. The molecule has 13 heavy (non-hydrogen) atoms. The summed E-state index contributed by atoms with van der Waals surface area (Å²) >= 11 is 0. The zero-order valence-corrected chi connectivity index (χ0v) is 8.14. The van der Waals surface area contributed by atoms with Gasteiger partial charge in [0.25, 0.3) is 0 Å². The van der Waals surface area contributed by atoms with E-state index in [-0.39, 0.29) is 23.3 Å². The number of sulfone groups is 1. The smallest absolute Gasteiger partial charge is 0.234 e. The van der Waals surface area contributed by atoms with Gasteiger partial charge in [-0.05, 0) is 18.8 Å². The molecule has 0 atom stereocenters. The summed E-state index contributed by atoms with van der Waals surface area (Å²) in [6, 6.07) is 0. The Morgan fingerprint density at radius 2 is 1.92 bits per heavy atom. The highest BCUT2D eigenvalue weighted by Crippen LogP contribution is 2.21. The first kappa shape index (κ1) is 10.5. The normalized spacial score (nSPS) is 22.5. The van der Waals surface area contributed by atoms with Crippen LogP contribution < -0.4 is 11.3 Å². The van der Waals surface area contributed by atoms with Gasteiger partial charge in [0.05, 0.1) is 11.5 Å². The van der Waals surface area contributed by atoms with Gasteiger partial charge in [-0.1, -0.05) is 0 Å². The summed E-state index contributed by atoms with van der Waals surface area (Å²) in [4.78, 5) is 10.9. The molecule has 0 aliphatic carbocycles. The van der Waals surface area contributed by atoms with Crippen LogP contribution >= 0.6 is 0 Å². The van der Waals surface area contributed by atoms with E-state index in [1.807, 2.05) is 5.43 Å². The third-order valence-electron chi connectivity index (χ3n) is 2.31. The van der Waals surface area contributed by atoms with E-state index in [4.69, 9.17) is 5.84 Å². The maximum absolute atomic E-state index is 11.0. The van der Waals surface area contributed by atoms with E-state index in [0.717, 1.165) is 0 Å². The summed E-state index contributed by atoms with van der Waals surface area (Å²) < 4.78 is 22.1. The number of hydrogen-bond donors (Lipinski definition) is 2.